The van der Waals surface area contributed by atoms with E-state index in [4.69, 9.17) is 4.52 Å². The number of nitrogens with zero attached hydrogens (tertiary/aromatic N) is 5. The summed E-state index contributed by atoms with van der Waals surface area (Å²) in [6.07, 6.45) is 4.75. The van der Waals surface area contributed by atoms with E-state index in [0.29, 0.717) is 22.8 Å². The number of sulfonamides is 1. The van der Waals surface area contributed by atoms with Crippen molar-refractivity contribution in [2.24, 2.45) is 7.05 Å². The molecule has 0 atom stereocenters. The van der Waals surface area contributed by atoms with Gasteiger partial charge in [-0.25, -0.2) is 13.1 Å². The van der Waals surface area contributed by atoms with Gasteiger partial charge in [-0.1, -0.05) is 5.16 Å². The summed E-state index contributed by atoms with van der Waals surface area (Å²) in [5.74, 6) is 0.255. The topological polar surface area (TPSA) is 116 Å². The number of nitrogens with one attached hydrogen (secondary N) is 1. The van der Waals surface area contributed by atoms with Crippen LogP contribution < -0.4 is 4.72 Å². The van der Waals surface area contributed by atoms with Crippen molar-refractivity contribution in [2.45, 2.75) is 25.3 Å². The predicted molar refractivity (Wildman–Crippen MR) is 84.2 cm³/mol. The summed E-state index contributed by atoms with van der Waals surface area (Å²) in [4.78, 5) is 8.24. The van der Waals surface area contributed by atoms with E-state index >= 15 is 0 Å². The first-order chi connectivity index (χ1) is 11.4. The smallest absolute Gasteiger partial charge is 0.246 e. The maximum Gasteiger partial charge on any atom is 0.246 e. The molecule has 0 saturated heterocycles. The number of aryl methyl sites for hydroxylation is 3. The van der Waals surface area contributed by atoms with Gasteiger partial charge in [-0.05, 0) is 19.9 Å². The average molecular weight is 348 g/mol. The van der Waals surface area contributed by atoms with E-state index in [1.165, 1.54) is 0 Å². The Morgan fingerprint density at radius 2 is 2.04 bits per heavy atom. The van der Waals surface area contributed by atoms with Crippen molar-refractivity contribution in [3.63, 3.8) is 0 Å². The average Bonchev–Trinajstić information content (AvgIpc) is 3.09. The lowest BCUT2D eigenvalue weighted by Gasteiger charge is -2.06. The molecule has 24 heavy (non-hydrogen) atoms. The van der Waals surface area contributed by atoms with Crippen LogP contribution in [-0.4, -0.2) is 33.3 Å². The van der Waals surface area contributed by atoms with E-state index in [1.807, 2.05) is 0 Å². The molecule has 3 aromatic heterocycles. The Morgan fingerprint density at radius 1 is 1.25 bits per heavy atom. The van der Waals surface area contributed by atoms with E-state index in [2.05, 4.69) is 24.9 Å². The molecule has 3 aromatic rings. The molecule has 0 radical (unpaired) electrons. The standard InChI is InChI=1S/C14H16N6O3S/c1-9-14(10(2)23-19-9)24(21,22)17-7-11-6-12(18-20(11)3)13-8-15-4-5-16-13/h4-6,8,17H,7H2,1-3H3. The van der Waals surface area contributed by atoms with Crippen LogP contribution in [0.4, 0.5) is 0 Å². The molecule has 9 nitrogen and oxygen atoms in total. The van der Waals surface area contributed by atoms with Crippen LogP contribution in [0.5, 0.6) is 0 Å². The minimum absolute atomic E-state index is 0.0683. The Bertz CT molecular complexity index is 942. The third kappa shape index (κ3) is 3.05. The molecule has 0 amide bonds. The Labute approximate surface area is 138 Å². The summed E-state index contributed by atoms with van der Waals surface area (Å²) in [6.45, 7) is 3.22. The number of hydrogen-bond acceptors (Lipinski definition) is 7. The molecule has 126 valence electrons. The van der Waals surface area contributed by atoms with Crippen molar-refractivity contribution in [1.82, 2.24) is 29.6 Å². The quantitative estimate of drug-likeness (QED) is 0.730. The molecule has 0 bridgehead atoms. The first-order valence-electron chi connectivity index (χ1n) is 7.10. The number of hydrogen-bond donors (Lipinski definition) is 1. The summed E-state index contributed by atoms with van der Waals surface area (Å²) >= 11 is 0. The molecule has 0 spiro atoms. The Kier molecular flexibility index (Phi) is 4.16. The van der Waals surface area contributed by atoms with Crippen LogP contribution in [0.15, 0.2) is 34.1 Å². The minimum atomic E-state index is -3.72. The summed E-state index contributed by atoms with van der Waals surface area (Å²) in [7, 11) is -1.99. The SMILES string of the molecule is Cc1noc(C)c1S(=O)(=O)NCc1cc(-c2cnccn2)nn1C. The fourth-order valence-corrected chi connectivity index (χ4v) is 3.65. The summed E-state index contributed by atoms with van der Waals surface area (Å²) < 4.78 is 33.9. The highest BCUT2D eigenvalue weighted by Crippen LogP contribution is 2.20. The summed E-state index contributed by atoms with van der Waals surface area (Å²) in [6, 6.07) is 1.76. The van der Waals surface area contributed by atoms with Crippen molar-refractivity contribution in [1.29, 1.82) is 0 Å². The highest BCUT2D eigenvalue weighted by Gasteiger charge is 2.24. The van der Waals surface area contributed by atoms with Crippen molar-refractivity contribution in [3.05, 3.63) is 41.8 Å². The zero-order valence-corrected chi connectivity index (χ0v) is 14.2. The van der Waals surface area contributed by atoms with Gasteiger partial charge < -0.3 is 4.52 Å². The highest BCUT2D eigenvalue weighted by molar-refractivity contribution is 7.89. The predicted octanol–water partition coefficient (Wildman–Crippen LogP) is 0.960. The maximum atomic E-state index is 12.4. The van der Waals surface area contributed by atoms with Crippen molar-refractivity contribution < 1.29 is 12.9 Å². The lowest BCUT2D eigenvalue weighted by atomic mass is 10.3. The van der Waals surface area contributed by atoms with Crippen LogP contribution in [-0.2, 0) is 23.6 Å². The summed E-state index contributed by atoms with van der Waals surface area (Å²) in [5, 5.41) is 8.00. The molecule has 0 saturated carbocycles. The molecular weight excluding hydrogens is 332 g/mol. The van der Waals surface area contributed by atoms with Gasteiger partial charge in [0.1, 0.15) is 22.0 Å². The molecule has 0 aliphatic heterocycles. The van der Waals surface area contributed by atoms with Gasteiger partial charge in [0.15, 0.2) is 5.76 Å². The largest absolute Gasteiger partial charge is 0.360 e. The number of aromatic nitrogens is 5. The molecule has 0 aromatic carbocycles. The van der Waals surface area contributed by atoms with Crippen LogP contribution >= 0.6 is 0 Å². The highest BCUT2D eigenvalue weighted by atomic mass is 32.2. The monoisotopic (exact) mass is 348 g/mol. The van der Waals surface area contributed by atoms with Gasteiger partial charge in [-0.3, -0.25) is 14.6 Å². The Balaban J connectivity index is 1.82. The second-order valence-electron chi connectivity index (χ2n) is 5.21. The summed E-state index contributed by atoms with van der Waals surface area (Å²) in [5.41, 5.74) is 2.25. The molecule has 10 heteroatoms. The molecule has 3 rings (SSSR count). The Morgan fingerprint density at radius 3 is 2.67 bits per heavy atom. The van der Waals surface area contributed by atoms with Gasteiger partial charge >= 0.3 is 0 Å². The van der Waals surface area contributed by atoms with E-state index in [9.17, 15) is 8.42 Å². The first kappa shape index (κ1) is 16.3. The zero-order chi connectivity index (χ0) is 17.3. The van der Waals surface area contributed by atoms with Crippen LogP contribution in [0.25, 0.3) is 11.4 Å². The lowest BCUT2D eigenvalue weighted by molar-refractivity contribution is 0.390. The van der Waals surface area contributed by atoms with Crippen molar-refractivity contribution >= 4 is 10.0 Å². The molecule has 0 unspecified atom stereocenters. The molecular formula is C14H16N6O3S. The van der Waals surface area contributed by atoms with Crippen LogP contribution in [0.2, 0.25) is 0 Å². The molecule has 0 fully saturated rings. The molecule has 0 aliphatic carbocycles. The third-order valence-corrected chi connectivity index (χ3v) is 5.13. The maximum absolute atomic E-state index is 12.4. The third-order valence-electron chi connectivity index (χ3n) is 3.48. The van der Waals surface area contributed by atoms with Gasteiger partial charge in [0.2, 0.25) is 10.0 Å². The zero-order valence-electron chi connectivity index (χ0n) is 13.4. The molecule has 1 N–H and O–H groups in total. The van der Waals surface area contributed by atoms with Gasteiger partial charge in [0, 0.05) is 19.4 Å². The normalized spacial score (nSPS) is 11.8. The lowest BCUT2D eigenvalue weighted by Crippen LogP contribution is -2.25. The second-order valence-corrected chi connectivity index (χ2v) is 6.92. The van der Waals surface area contributed by atoms with E-state index in [-0.39, 0.29) is 17.2 Å². The fourth-order valence-electron chi connectivity index (χ4n) is 2.33. The van der Waals surface area contributed by atoms with Gasteiger partial charge in [-0.2, -0.15) is 5.10 Å². The fraction of sp³-hybridized carbons (Fsp3) is 0.286. The minimum Gasteiger partial charge on any atom is -0.360 e. The van der Waals surface area contributed by atoms with E-state index in [1.54, 1.807) is 50.2 Å². The second kappa shape index (κ2) is 6.13. The first-order valence-corrected chi connectivity index (χ1v) is 8.58. The van der Waals surface area contributed by atoms with Gasteiger partial charge in [0.25, 0.3) is 0 Å². The van der Waals surface area contributed by atoms with Crippen LogP contribution in [0.3, 0.4) is 0 Å². The Hall–Kier alpha value is -2.59. The van der Waals surface area contributed by atoms with E-state index in [0.717, 1.165) is 0 Å². The molecule has 0 aliphatic rings. The van der Waals surface area contributed by atoms with Crippen molar-refractivity contribution in [2.75, 3.05) is 0 Å². The van der Waals surface area contributed by atoms with Crippen LogP contribution in [0, 0.1) is 13.8 Å². The van der Waals surface area contributed by atoms with Crippen molar-refractivity contribution in [3.8, 4) is 11.4 Å². The molecule has 3 heterocycles. The van der Waals surface area contributed by atoms with Gasteiger partial charge in [-0.15, -0.1) is 0 Å². The van der Waals surface area contributed by atoms with E-state index < -0.39 is 10.0 Å². The van der Waals surface area contributed by atoms with Gasteiger partial charge in [0.05, 0.1) is 18.4 Å². The van der Waals surface area contributed by atoms with Crippen LogP contribution in [0.1, 0.15) is 17.1 Å². The number of rotatable bonds is 5.